The van der Waals surface area contributed by atoms with Crippen LogP contribution in [0.3, 0.4) is 0 Å². The third kappa shape index (κ3) is 5.84. The van der Waals surface area contributed by atoms with Gasteiger partial charge in [0, 0.05) is 28.0 Å². The Bertz CT molecular complexity index is 1370. The van der Waals surface area contributed by atoms with Crippen molar-refractivity contribution < 1.29 is 45.1 Å². The van der Waals surface area contributed by atoms with Gasteiger partial charge in [-0.3, -0.25) is 14.6 Å². The average Bonchev–Trinajstić information content (AvgIpc) is 2.88. The van der Waals surface area contributed by atoms with Crippen LogP contribution in [0.2, 0.25) is 0 Å². The SMILES string of the molecule is CCc1cc(C(F)(C(F)(F)F)C(F)(F)F)cc(Br)c1NC(=O)c1cccc(NC(=O)c2ccncc2)c1OC. The van der Waals surface area contributed by atoms with Gasteiger partial charge in [0.25, 0.3) is 11.8 Å². The van der Waals surface area contributed by atoms with E-state index in [1.165, 1.54) is 56.8 Å². The molecule has 3 aromatic rings. The van der Waals surface area contributed by atoms with Crippen molar-refractivity contribution in [1.82, 2.24) is 4.98 Å². The number of amides is 2. The highest BCUT2D eigenvalue weighted by Gasteiger charge is 2.73. The van der Waals surface area contributed by atoms with E-state index in [2.05, 4.69) is 31.5 Å². The molecule has 1 aromatic heterocycles. The molecule has 0 aliphatic carbocycles. The van der Waals surface area contributed by atoms with Gasteiger partial charge < -0.3 is 15.4 Å². The number of pyridine rings is 1. The monoisotopic (exact) mass is 621 g/mol. The number of anilines is 2. The van der Waals surface area contributed by atoms with Gasteiger partial charge in [0.15, 0.2) is 5.75 Å². The largest absolute Gasteiger partial charge is 0.494 e. The number of alkyl halides is 7. The van der Waals surface area contributed by atoms with Crippen LogP contribution in [0.4, 0.5) is 42.1 Å². The Labute approximate surface area is 225 Å². The summed E-state index contributed by atoms with van der Waals surface area (Å²) >= 11 is 2.87. The fourth-order valence-corrected chi connectivity index (χ4v) is 4.28. The molecule has 0 atom stereocenters. The number of hydrogen-bond donors (Lipinski definition) is 2. The van der Waals surface area contributed by atoms with E-state index in [1.54, 1.807) is 0 Å². The van der Waals surface area contributed by atoms with Crippen LogP contribution in [-0.2, 0) is 12.1 Å². The predicted molar refractivity (Wildman–Crippen MR) is 132 cm³/mol. The molecule has 39 heavy (non-hydrogen) atoms. The minimum Gasteiger partial charge on any atom is -0.494 e. The number of ether oxygens (including phenoxy) is 1. The van der Waals surface area contributed by atoms with Gasteiger partial charge in [-0.05, 0) is 64.3 Å². The van der Waals surface area contributed by atoms with Crippen LogP contribution in [0, 0.1) is 0 Å². The first-order chi connectivity index (χ1) is 18.2. The zero-order valence-electron chi connectivity index (χ0n) is 20.1. The number of benzene rings is 2. The number of halogens is 8. The maximum absolute atomic E-state index is 14.7. The van der Waals surface area contributed by atoms with E-state index in [0.717, 1.165) is 0 Å². The number of nitrogens with one attached hydrogen (secondary N) is 2. The summed E-state index contributed by atoms with van der Waals surface area (Å²) in [6.07, 6.45) is -9.95. The number of hydrogen-bond acceptors (Lipinski definition) is 4. The van der Waals surface area contributed by atoms with Crippen LogP contribution in [-0.4, -0.2) is 36.3 Å². The van der Waals surface area contributed by atoms with E-state index < -0.39 is 39.9 Å². The van der Waals surface area contributed by atoms with Gasteiger partial charge in [-0.1, -0.05) is 13.0 Å². The highest BCUT2D eigenvalue weighted by molar-refractivity contribution is 9.10. The third-order valence-corrected chi connectivity index (χ3v) is 6.25. The van der Waals surface area contributed by atoms with Crippen molar-refractivity contribution in [3.63, 3.8) is 0 Å². The molecule has 2 aromatic carbocycles. The molecule has 0 aliphatic rings. The van der Waals surface area contributed by atoms with Gasteiger partial charge in [0.05, 0.1) is 24.0 Å². The Morgan fingerprint density at radius 1 is 0.923 bits per heavy atom. The van der Waals surface area contributed by atoms with E-state index in [1.807, 2.05) is 0 Å². The van der Waals surface area contributed by atoms with Gasteiger partial charge in [0.2, 0.25) is 0 Å². The minimum atomic E-state index is -6.30. The van der Waals surface area contributed by atoms with E-state index in [9.17, 15) is 40.3 Å². The van der Waals surface area contributed by atoms with Gasteiger partial charge >= 0.3 is 18.0 Å². The normalized spacial score (nSPS) is 12.2. The van der Waals surface area contributed by atoms with Crippen molar-refractivity contribution >= 4 is 39.1 Å². The van der Waals surface area contributed by atoms with Crippen molar-refractivity contribution in [1.29, 1.82) is 0 Å². The molecule has 0 bridgehead atoms. The molecule has 0 aliphatic heterocycles. The molecular weight excluding hydrogens is 603 g/mol. The Morgan fingerprint density at radius 2 is 1.54 bits per heavy atom. The Hall–Kier alpha value is -3.68. The summed E-state index contributed by atoms with van der Waals surface area (Å²) in [5.74, 6) is -1.47. The lowest BCUT2D eigenvalue weighted by molar-refractivity contribution is -0.348. The quantitative estimate of drug-likeness (QED) is 0.273. The van der Waals surface area contributed by atoms with Crippen molar-refractivity contribution in [2.75, 3.05) is 17.7 Å². The number of aryl methyl sites for hydroxylation is 1. The summed E-state index contributed by atoms with van der Waals surface area (Å²) in [5, 5.41) is 5.00. The van der Waals surface area contributed by atoms with Gasteiger partial charge in [-0.15, -0.1) is 0 Å². The zero-order valence-corrected chi connectivity index (χ0v) is 21.7. The number of aromatic nitrogens is 1. The molecule has 0 spiro atoms. The minimum absolute atomic E-state index is 0.0693. The van der Waals surface area contributed by atoms with E-state index in [0.29, 0.717) is 12.1 Å². The van der Waals surface area contributed by atoms with E-state index in [-0.39, 0.29) is 40.2 Å². The summed E-state index contributed by atoms with van der Waals surface area (Å²) in [6.45, 7) is 1.40. The van der Waals surface area contributed by atoms with Crippen LogP contribution in [0.15, 0.2) is 59.3 Å². The Morgan fingerprint density at radius 3 is 2.08 bits per heavy atom. The molecule has 208 valence electrons. The molecule has 3 rings (SSSR count). The van der Waals surface area contributed by atoms with Crippen LogP contribution in [0.1, 0.15) is 38.8 Å². The van der Waals surface area contributed by atoms with Gasteiger partial charge in [0.1, 0.15) is 0 Å². The highest BCUT2D eigenvalue weighted by atomic mass is 79.9. The lowest BCUT2D eigenvalue weighted by Gasteiger charge is -2.31. The first-order valence-electron chi connectivity index (χ1n) is 11.0. The maximum atomic E-state index is 14.7. The average molecular weight is 622 g/mol. The Kier molecular flexibility index (Phi) is 8.58. The standard InChI is InChI=1S/C25H19BrF7N3O3/c1-3-13-11-15(23(27,24(28,29)30)25(31,32)33)12-17(26)19(13)36-22(38)16-5-4-6-18(20(16)39-2)35-21(37)14-7-9-34-10-8-14/h4-12H,3H2,1-2H3,(H,35,37)(H,36,38). The summed E-state index contributed by atoms with van der Waals surface area (Å²) in [7, 11) is 1.23. The summed E-state index contributed by atoms with van der Waals surface area (Å²) < 4.78 is 99.2. The third-order valence-electron chi connectivity index (χ3n) is 5.62. The molecule has 0 saturated heterocycles. The fourth-order valence-electron chi connectivity index (χ4n) is 3.68. The molecule has 2 amide bonds. The Balaban J connectivity index is 2.00. The number of methoxy groups -OCH3 is 1. The summed E-state index contributed by atoms with van der Waals surface area (Å²) in [5.41, 5.74) is -7.46. The number of rotatable bonds is 7. The highest BCUT2D eigenvalue weighted by Crippen LogP contribution is 2.54. The van der Waals surface area contributed by atoms with Crippen LogP contribution in [0.25, 0.3) is 0 Å². The zero-order chi connectivity index (χ0) is 29.2. The molecule has 0 fully saturated rings. The van der Waals surface area contributed by atoms with Gasteiger partial charge in [-0.25, -0.2) is 4.39 Å². The lowest BCUT2D eigenvalue weighted by atomic mass is 9.91. The van der Waals surface area contributed by atoms with Crippen LogP contribution in [0.5, 0.6) is 5.75 Å². The van der Waals surface area contributed by atoms with Crippen molar-refractivity contribution in [2.45, 2.75) is 31.4 Å². The molecule has 14 heteroatoms. The second kappa shape index (κ2) is 11.2. The topological polar surface area (TPSA) is 80.3 Å². The van der Waals surface area contributed by atoms with Crippen molar-refractivity contribution in [2.24, 2.45) is 0 Å². The number of nitrogens with zero attached hydrogens (tertiary/aromatic N) is 1. The molecule has 0 unspecified atom stereocenters. The number of carbonyl (C=O) groups is 2. The number of para-hydroxylation sites is 1. The first-order valence-corrected chi connectivity index (χ1v) is 11.8. The van der Waals surface area contributed by atoms with Crippen molar-refractivity contribution in [3.05, 3.63) is 81.6 Å². The molecule has 2 N–H and O–H groups in total. The van der Waals surface area contributed by atoms with Crippen molar-refractivity contribution in [3.8, 4) is 5.75 Å². The smallest absolute Gasteiger partial charge is 0.435 e. The van der Waals surface area contributed by atoms with Crippen LogP contribution >= 0.6 is 15.9 Å². The number of carbonyl (C=O) groups excluding carboxylic acids is 2. The first kappa shape index (κ1) is 29.9. The van der Waals surface area contributed by atoms with Gasteiger partial charge in [-0.2, -0.15) is 26.3 Å². The summed E-state index contributed by atoms with van der Waals surface area (Å²) in [4.78, 5) is 29.5. The molecular formula is C25H19BrF7N3O3. The molecule has 0 radical (unpaired) electrons. The van der Waals surface area contributed by atoms with Crippen LogP contribution < -0.4 is 15.4 Å². The maximum Gasteiger partial charge on any atom is 0.435 e. The predicted octanol–water partition coefficient (Wildman–Crippen LogP) is 7.21. The summed E-state index contributed by atoms with van der Waals surface area (Å²) in [6, 6.07) is 7.83. The van der Waals surface area contributed by atoms with E-state index in [4.69, 9.17) is 4.74 Å². The fraction of sp³-hybridized carbons (Fsp3) is 0.240. The molecule has 0 saturated carbocycles. The van der Waals surface area contributed by atoms with E-state index >= 15 is 0 Å². The second-order valence-electron chi connectivity index (χ2n) is 8.03. The second-order valence-corrected chi connectivity index (χ2v) is 8.88. The molecule has 1 heterocycles. The lowest BCUT2D eigenvalue weighted by Crippen LogP contribution is -2.50. The molecule has 6 nitrogen and oxygen atoms in total.